The molecule has 0 fully saturated rings. The topological polar surface area (TPSA) is 21.6 Å². The lowest BCUT2D eigenvalue weighted by atomic mass is 10.8. The van der Waals surface area contributed by atoms with Crippen molar-refractivity contribution in [3.63, 3.8) is 0 Å². The Kier molecular flexibility index (Phi) is 1.57. The second-order valence-electron chi connectivity index (χ2n) is 1.10. The normalized spacial score (nSPS) is 19.3. The molecule has 0 aromatic rings. The Bertz CT molecular complexity index is 91.7. The third-order valence-electron chi connectivity index (χ3n) is 0.654. The third-order valence-corrected chi connectivity index (χ3v) is 1.47. The molecule has 0 unspecified atom stereocenters. The van der Waals surface area contributed by atoms with Gasteiger partial charge in [-0.3, -0.25) is 0 Å². The maximum absolute atomic E-state index is 4.79. The Morgan fingerprint density at radius 3 is 3.14 bits per heavy atom. The van der Waals surface area contributed by atoms with Crippen LogP contribution in [0.2, 0.25) is 0 Å². The first-order chi connectivity index (χ1) is 3.43. The number of ether oxygens (including phenoxy) is 1. The number of hydrogen-bond acceptors (Lipinski definition) is 3. The van der Waals surface area contributed by atoms with Crippen molar-refractivity contribution in [3.8, 4) is 0 Å². The summed E-state index contributed by atoms with van der Waals surface area (Å²) in [5.41, 5.74) is 0. The zero-order valence-electron chi connectivity index (χ0n) is 4.05. The van der Waals surface area contributed by atoms with Gasteiger partial charge in [0, 0.05) is 5.75 Å². The van der Waals surface area contributed by atoms with E-state index in [2.05, 4.69) is 4.99 Å². The Morgan fingerprint density at radius 1 is 2.00 bits per heavy atom. The number of nitrogens with zero attached hydrogens (tertiary/aromatic N) is 1. The molecule has 7 heavy (non-hydrogen) atoms. The van der Waals surface area contributed by atoms with Crippen LogP contribution in [-0.2, 0) is 4.74 Å². The number of rotatable bonds is 0. The van der Waals surface area contributed by atoms with Crippen molar-refractivity contribution in [1.29, 1.82) is 0 Å². The van der Waals surface area contributed by atoms with Crippen molar-refractivity contribution < 1.29 is 4.74 Å². The van der Waals surface area contributed by atoms with Gasteiger partial charge in [0.15, 0.2) is 0 Å². The van der Waals surface area contributed by atoms with Crippen LogP contribution in [0.3, 0.4) is 0 Å². The van der Waals surface area contributed by atoms with Crippen molar-refractivity contribution >= 4 is 17.0 Å². The zero-order chi connectivity index (χ0) is 5.11. The Balaban J connectivity index is 2.36. The molecule has 3 heteroatoms. The van der Waals surface area contributed by atoms with Crippen LogP contribution in [0.5, 0.6) is 0 Å². The minimum absolute atomic E-state index is 0.778. The van der Waals surface area contributed by atoms with Crippen molar-refractivity contribution in [2.24, 2.45) is 4.99 Å². The van der Waals surface area contributed by atoms with Crippen LogP contribution >= 0.6 is 11.8 Å². The van der Waals surface area contributed by atoms with E-state index in [1.54, 1.807) is 18.9 Å². The summed E-state index contributed by atoms with van der Waals surface area (Å²) in [4.78, 5) is 3.96. The first kappa shape index (κ1) is 4.97. The van der Waals surface area contributed by atoms with Gasteiger partial charge in [-0.1, -0.05) is 11.8 Å². The van der Waals surface area contributed by atoms with E-state index in [4.69, 9.17) is 4.74 Å². The molecule has 1 rings (SSSR count). The summed E-state index contributed by atoms with van der Waals surface area (Å²) in [5, 5.41) is 0.778. The number of thioether (sulfide) groups is 1. The van der Waals surface area contributed by atoms with Crippen LogP contribution in [0.15, 0.2) is 4.99 Å². The highest BCUT2D eigenvalue weighted by Crippen LogP contribution is 2.15. The van der Waals surface area contributed by atoms with Gasteiger partial charge in [0.25, 0.3) is 0 Å². The highest BCUT2D eigenvalue weighted by atomic mass is 32.2. The Labute approximate surface area is 47.0 Å². The Morgan fingerprint density at radius 2 is 2.86 bits per heavy atom. The molecular weight excluding hydrogens is 110 g/mol. The van der Waals surface area contributed by atoms with Crippen LogP contribution < -0.4 is 0 Å². The van der Waals surface area contributed by atoms with Gasteiger partial charge in [0.1, 0.15) is 0 Å². The molecule has 2 nitrogen and oxygen atoms in total. The average molecular weight is 116 g/mol. The lowest BCUT2D eigenvalue weighted by Crippen LogP contribution is -1.87. The molecule has 0 saturated carbocycles. The number of hydrogen-bond donors (Lipinski definition) is 0. The monoisotopic (exact) mass is 116 g/mol. The standard InChI is InChI=1S/C4H6NOS/c1-6-4-5-2-3-7-4/h3H,2H2,1H3. The summed E-state index contributed by atoms with van der Waals surface area (Å²) in [6.45, 7) is 0.799. The molecule has 1 aliphatic rings. The lowest BCUT2D eigenvalue weighted by Gasteiger charge is -1.90. The van der Waals surface area contributed by atoms with Crippen molar-refractivity contribution in [2.75, 3.05) is 13.7 Å². The van der Waals surface area contributed by atoms with E-state index in [0.29, 0.717) is 0 Å². The van der Waals surface area contributed by atoms with Crippen LogP contribution in [-0.4, -0.2) is 18.9 Å². The summed E-state index contributed by atoms with van der Waals surface area (Å²) in [5.74, 6) is 2.00. The van der Waals surface area contributed by atoms with Gasteiger partial charge < -0.3 is 4.74 Å². The van der Waals surface area contributed by atoms with Crippen LogP contribution in [0, 0.1) is 5.75 Å². The summed E-state index contributed by atoms with van der Waals surface area (Å²) in [6.07, 6.45) is 0. The molecule has 1 aliphatic heterocycles. The molecule has 0 aliphatic carbocycles. The van der Waals surface area contributed by atoms with E-state index in [1.807, 2.05) is 5.75 Å². The molecule has 0 atom stereocenters. The first-order valence-electron chi connectivity index (χ1n) is 2.00. The number of aliphatic imine (C=N–C) groups is 1. The molecule has 0 amide bonds. The molecule has 39 valence electrons. The van der Waals surface area contributed by atoms with Crippen LogP contribution in [0.1, 0.15) is 0 Å². The Hall–Kier alpha value is -0.180. The van der Waals surface area contributed by atoms with Gasteiger partial charge in [-0.25, -0.2) is 4.99 Å². The van der Waals surface area contributed by atoms with Crippen LogP contribution in [0.25, 0.3) is 0 Å². The van der Waals surface area contributed by atoms with E-state index in [0.717, 1.165) is 11.8 Å². The molecule has 0 aromatic heterocycles. The molecule has 1 heterocycles. The average Bonchev–Trinajstić information content (AvgIpc) is 2.14. The zero-order valence-corrected chi connectivity index (χ0v) is 4.86. The first-order valence-corrected chi connectivity index (χ1v) is 2.88. The summed E-state index contributed by atoms with van der Waals surface area (Å²) in [7, 11) is 1.63. The summed E-state index contributed by atoms with van der Waals surface area (Å²) < 4.78 is 4.79. The largest absolute Gasteiger partial charge is 0.476 e. The van der Waals surface area contributed by atoms with E-state index >= 15 is 0 Å². The highest BCUT2D eigenvalue weighted by molar-refractivity contribution is 8.15. The number of methoxy groups -OCH3 is 1. The second-order valence-corrected chi connectivity index (χ2v) is 2.01. The molecule has 1 radical (unpaired) electrons. The van der Waals surface area contributed by atoms with Gasteiger partial charge in [-0.15, -0.1) is 0 Å². The van der Waals surface area contributed by atoms with Gasteiger partial charge in [0.2, 0.25) is 5.23 Å². The van der Waals surface area contributed by atoms with Gasteiger partial charge >= 0.3 is 0 Å². The predicted molar refractivity (Wildman–Crippen MR) is 31.2 cm³/mol. The van der Waals surface area contributed by atoms with E-state index < -0.39 is 0 Å². The van der Waals surface area contributed by atoms with E-state index in [1.165, 1.54) is 0 Å². The third kappa shape index (κ3) is 1.09. The summed E-state index contributed by atoms with van der Waals surface area (Å²) in [6, 6.07) is 0. The fourth-order valence-corrected chi connectivity index (χ4v) is 0.907. The van der Waals surface area contributed by atoms with Gasteiger partial charge in [-0.2, -0.15) is 0 Å². The lowest BCUT2D eigenvalue weighted by molar-refractivity contribution is 0.416. The maximum atomic E-state index is 4.79. The SMILES string of the molecule is COC1=NC[CH]S1. The molecule has 0 aromatic carbocycles. The van der Waals surface area contributed by atoms with E-state index in [9.17, 15) is 0 Å². The fraction of sp³-hybridized carbons (Fsp3) is 0.500. The summed E-state index contributed by atoms with van der Waals surface area (Å²) >= 11 is 1.55. The van der Waals surface area contributed by atoms with Crippen molar-refractivity contribution in [3.05, 3.63) is 5.75 Å². The molecule has 0 saturated heterocycles. The second kappa shape index (κ2) is 2.21. The van der Waals surface area contributed by atoms with Gasteiger partial charge in [-0.05, 0) is 0 Å². The maximum Gasteiger partial charge on any atom is 0.245 e. The predicted octanol–water partition coefficient (Wildman–Crippen LogP) is 0.897. The molecular formula is C4H6NOS. The molecule has 0 N–H and O–H groups in total. The smallest absolute Gasteiger partial charge is 0.245 e. The van der Waals surface area contributed by atoms with Crippen molar-refractivity contribution in [2.45, 2.75) is 0 Å². The van der Waals surface area contributed by atoms with Crippen LogP contribution in [0.4, 0.5) is 0 Å². The fourth-order valence-electron chi connectivity index (χ4n) is 0.370. The minimum atomic E-state index is 0.778. The quantitative estimate of drug-likeness (QED) is 0.469. The highest BCUT2D eigenvalue weighted by Gasteiger charge is 2.04. The minimum Gasteiger partial charge on any atom is -0.476 e. The molecule has 0 spiro atoms. The van der Waals surface area contributed by atoms with Gasteiger partial charge in [0.05, 0.1) is 13.7 Å². The van der Waals surface area contributed by atoms with E-state index in [-0.39, 0.29) is 0 Å². The molecule has 0 bridgehead atoms. The van der Waals surface area contributed by atoms with Crippen molar-refractivity contribution in [1.82, 2.24) is 0 Å².